The normalized spacial score (nSPS) is 12.9. The third-order valence-electron chi connectivity index (χ3n) is 3.66. The van der Waals surface area contributed by atoms with E-state index in [-0.39, 0.29) is 0 Å². The van der Waals surface area contributed by atoms with Crippen molar-refractivity contribution in [2.45, 2.75) is 90.9 Å². The lowest BCUT2D eigenvalue weighted by atomic mass is 9.92. The second-order valence-corrected chi connectivity index (χ2v) is 5.18. The van der Waals surface area contributed by atoms with Gasteiger partial charge in [0, 0.05) is 0 Å². The summed E-state index contributed by atoms with van der Waals surface area (Å²) in [6.45, 7) is 8.55. The van der Waals surface area contributed by atoms with E-state index in [2.05, 4.69) is 20.8 Å². The Bertz CT molecular complexity index is 117. The molecule has 0 heteroatoms. The first-order chi connectivity index (χ1) is 7.85. The molecule has 0 saturated heterocycles. The maximum Gasteiger partial charge on any atom is -0.0417 e. The smallest absolute Gasteiger partial charge is 0.0417 e. The molecule has 0 bridgehead atoms. The first-order valence-electron chi connectivity index (χ1n) is 7.64. The maximum atomic E-state index is 3.90. The van der Waals surface area contributed by atoms with Gasteiger partial charge < -0.3 is 0 Å². The quantitative estimate of drug-likeness (QED) is 0.349. The Hall–Kier alpha value is 0. The van der Waals surface area contributed by atoms with Crippen LogP contribution in [0.4, 0.5) is 0 Å². The van der Waals surface area contributed by atoms with E-state index in [0.717, 1.165) is 12.3 Å². The van der Waals surface area contributed by atoms with Crippen molar-refractivity contribution < 1.29 is 0 Å². The third-order valence-corrected chi connectivity index (χ3v) is 3.66. The van der Waals surface area contributed by atoms with Gasteiger partial charge in [0.05, 0.1) is 0 Å². The van der Waals surface area contributed by atoms with Crippen molar-refractivity contribution in [1.29, 1.82) is 0 Å². The number of hydrogen-bond acceptors (Lipinski definition) is 0. The van der Waals surface area contributed by atoms with Gasteiger partial charge in [-0.15, -0.1) is 0 Å². The Morgan fingerprint density at radius 3 is 1.81 bits per heavy atom. The summed E-state index contributed by atoms with van der Waals surface area (Å²) >= 11 is 0. The fourth-order valence-corrected chi connectivity index (χ4v) is 2.38. The van der Waals surface area contributed by atoms with Crippen LogP contribution in [-0.4, -0.2) is 0 Å². The molecule has 0 spiro atoms. The van der Waals surface area contributed by atoms with Gasteiger partial charge in [0.25, 0.3) is 0 Å². The first-order valence-corrected chi connectivity index (χ1v) is 7.64. The summed E-state index contributed by atoms with van der Waals surface area (Å²) in [5.41, 5.74) is 0. The molecule has 0 aliphatic heterocycles. The molecule has 0 heterocycles. The molecular weight excluding hydrogens is 192 g/mol. The Kier molecular flexibility index (Phi) is 13.1. The van der Waals surface area contributed by atoms with Crippen molar-refractivity contribution >= 4 is 0 Å². The molecule has 0 N–H and O–H groups in total. The maximum absolute atomic E-state index is 3.90. The van der Waals surface area contributed by atoms with E-state index >= 15 is 0 Å². The third kappa shape index (κ3) is 10.5. The predicted molar refractivity (Wildman–Crippen MR) is 75.6 cm³/mol. The van der Waals surface area contributed by atoms with E-state index in [1.165, 1.54) is 70.6 Å². The lowest BCUT2D eigenvalue weighted by Crippen LogP contribution is -1.99. The van der Waals surface area contributed by atoms with Gasteiger partial charge in [-0.1, -0.05) is 97.8 Å². The highest BCUT2D eigenvalue weighted by atomic mass is 14.1. The summed E-state index contributed by atoms with van der Waals surface area (Å²) in [7, 11) is 0. The van der Waals surface area contributed by atoms with Crippen molar-refractivity contribution in [3.05, 3.63) is 6.92 Å². The van der Waals surface area contributed by atoms with Gasteiger partial charge in [-0.2, -0.15) is 0 Å². The topological polar surface area (TPSA) is 0 Å². The van der Waals surface area contributed by atoms with Gasteiger partial charge in [0.2, 0.25) is 0 Å². The Labute approximate surface area is 104 Å². The first kappa shape index (κ1) is 16.0. The van der Waals surface area contributed by atoms with E-state index in [1.54, 1.807) is 0 Å². The van der Waals surface area contributed by atoms with E-state index in [4.69, 9.17) is 0 Å². The van der Waals surface area contributed by atoms with Gasteiger partial charge in [-0.25, -0.2) is 0 Å². The predicted octanol–water partition coefficient (Wildman–Crippen LogP) is 6.16. The zero-order valence-corrected chi connectivity index (χ0v) is 11.8. The number of hydrogen-bond donors (Lipinski definition) is 0. The van der Waals surface area contributed by atoms with Crippen LogP contribution in [0.2, 0.25) is 0 Å². The monoisotopic (exact) mass is 225 g/mol. The SMILES string of the molecule is [CH2]CCCCCC(CC)CCCCCCC. The van der Waals surface area contributed by atoms with Crippen LogP contribution < -0.4 is 0 Å². The Balaban J connectivity index is 3.29. The average molecular weight is 225 g/mol. The standard InChI is InChI=1S/C16H33/c1-4-7-9-11-13-15-16(6-3)14-12-10-8-5-2/h16H,2,4-15H2,1,3H3. The van der Waals surface area contributed by atoms with Crippen molar-refractivity contribution in [2.75, 3.05) is 0 Å². The average Bonchev–Trinajstić information content (AvgIpc) is 2.31. The van der Waals surface area contributed by atoms with Gasteiger partial charge in [0.15, 0.2) is 0 Å². The van der Waals surface area contributed by atoms with E-state index in [1.807, 2.05) is 0 Å². The fraction of sp³-hybridized carbons (Fsp3) is 0.938. The molecule has 1 atom stereocenters. The molecule has 0 amide bonds. The molecule has 0 aromatic heterocycles. The molecule has 0 saturated carbocycles. The second kappa shape index (κ2) is 13.1. The molecule has 0 aromatic carbocycles. The molecule has 1 unspecified atom stereocenters. The minimum atomic E-state index is 1.01. The van der Waals surface area contributed by atoms with Crippen molar-refractivity contribution in [1.82, 2.24) is 0 Å². The van der Waals surface area contributed by atoms with E-state index < -0.39 is 0 Å². The molecule has 0 aliphatic carbocycles. The Morgan fingerprint density at radius 1 is 0.750 bits per heavy atom. The van der Waals surface area contributed by atoms with Crippen molar-refractivity contribution in [3.8, 4) is 0 Å². The molecule has 97 valence electrons. The van der Waals surface area contributed by atoms with E-state index in [0.29, 0.717) is 0 Å². The molecule has 0 fully saturated rings. The second-order valence-electron chi connectivity index (χ2n) is 5.18. The van der Waals surface area contributed by atoms with Crippen LogP contribution in [0.15, 0.2) is 0 Å². The largest absolute Gasteiger partial charge is 0.0654 e. The molecule has 1 radical (unpaired) electrons. The zero-order chi connectivity index (χ0) is 12.1. The molecule has 16 heavy (non-hydrogen) atoms. The minimum absolute atomic E-state index is 1.01. The van der Waals surface area contributed by atoms with Gasteiger partial charge in [-0.3, -0.25) is 0 Å². The summed E-state index contributed by atoms with van der Waals surface area (Å²) in [5, 5.41) is 0. The van der Waals surface area contributed by atoms with Crippen molar-refractivity contribution in [2.24, 2.45) is 5.92 Å². The van der Waals surface area contributed by atoms with Crippen LogP contribution >= 0.6 is 0 Å². The van der Waals surface area contributed by atoms with Crippen LogP contribution in [0.5, 0.6) is 0 Å². The highest BCUT2D eigenvalue weighted by Crippen LogP contribution is 2.21. The number of unbranched alkanes of at least 4 members (excludes halogenated alkanes) is 7. The van der Waals surface area contributed by atoms with Crippen molar-refractivity contribution in [3.63, 3.8) is 0 Å². The number of rotatable bonds is 12. The van der Waals surface area contributed by atoms with Gasteiger partial charge >= 0.3 is 0 Å². The lowest BCUT2D eigenvalue weighted by molar-refractivity contribution is 0.395. The zero-order valence-electron chi connectivity index (χ0n) is 11.8. The molecular formula is C16H33. The fourth-order valence-electron chi connectivity index (χ4n) is 2.38. The van der Waals surface area contributed by atoms with Crippen LogP contribution in [0.25, 0.3) is 0 Å². The van der Waals surface area contributed by atoms with E-state index in [9.17, 15) is 0 Å². The molecule has 0 rings (SSSR count). The Morgan fingerprint density at radius 2 is 1.31 bits per heavy atom. The minimum Gasteiger partial charge on any atom is -0.0654 e. The summed E-state index contributed by atoms with van der Waals surface area (Å²) in [5.74, 6) is 1.01. The van der Waals surface area contributed by atoms with Gasteiger partial charge in [0.1, 0.15) is 0 Å². The van der Waals surface area contributed by atoms with Crippen LogP contribution in [-0.2, 0) is 0 Å². The molecule has 0 aliphatic rings. The molecule has 0 nitrogen and oxygen atoms in total. The summed E-state index contributed by atoms with van der Waals surface area (Å²) in [6.07, 6.45) is 16.8. The van der Waals surface area contributed by atoms with Crippen LogP contribution in [0, 0.1) is 12.8 Å². The highest BCUT2D eigenvalue weighted by Gasteiger charge is 2.05. The summed E-state index contributed by atoms with van der Waals surface area (Å²) < 4.78 is 0. The van der Waals surface area contributed by atoms with Crippen LogP contribution in [0.3, 0.4) is 0 Å². The lowest BCUT2D eigenvalue weighted by Gasteiger charge is -2.14. The summed E-state index contributed by atoms with van der Waals surface area (Å²) in [6, 6.07) is 0. The highest BCUT2D eigenvalue weighted by molar-refractivity contribution is 4.59. The summed E-state index contributed by atoms with van der Waals surface area (Å²) in [4.78, 5) is 0. The van der Waals surface area contributed by atoms with Gasteiger partial charge in [-0.05, 0) is 5.92 Å². The molecule has 0 aromatic rings. The van der Waals surface area contributed by atoms with Crippen LogP contribution in [0.1, 0.15) is 90.9 Å².